The van der Waals surface area contributed by atoms with Gasteiger partial charge in [-0.2, -0.15) is 18.4 Å². The molecule has 8 nitrogen and oxygen atoms in total. The number of carboxylic acid groups (broad SMARTS) is 2. The maximum Gasteiger partial charge on any atom is 0.490 e. The quantitative estimate of drug-likeness (QED) is 0.587. The SMILES string of the molecule is O=C(O)C(F)(F)F.O=C(O)c1n[nH]nc1SC1CCN(c2cc(Cl)cc(Cl)c2)CC1. The number of carboxylic acids is 2. The minimum absolute atomic E-state index is 0.0148. The van der Waals surface area contributed by atoms with Crippen LogP contribution < -0.4 is 4.90 Å². The molecule has 1 aromatic carbocycles. The highest BCUT2D eigenvalue weighted by Crippen LogP contribution is 2.33. The average Bonchev–Trinajstić information content (AvgIpc) is 3.09. The third kappa shape index (κ3) is 6.96. The third-order valence-electron chi connectivity index (χ3n) is 3.89. The van der Waals surface area contributed by atoms with Crippen molar-refractivity contribution in [3.63, 3.8) is 0 Å². The summed E-state index contributed by atoms with van der Waals surface area (Å²) in [5, 5.41) is 28.2. The second-order valence-corrected chi connectivity index (χ2v) is 8.18. The number of nitrogens with zero attached hydrogens (tertiary/aromatic N) is 3. The molecule has 0 unspecified atom stereocenters. The highest BCUT2D eigenvalue weighted by molar-refractivity contribution is 7.99. The van der Waals surface area contributed by atoms with Crippen molar-refractivity contribution in [2.45, 2.75) is 29.3 Å². The van der Waals surface area contributed by atoms with Crippen molar-refractivity contribution in [2.75, 3.05) is 18.0 Å². The van der Waals surface area contributed by atoms with E-state index in [1.165, 1.54) is 11.8 Å². The molecule has 2 aromatic rings. The molecule has 2 heterocycles. The van der Waals surface area contributed by atoms with Gasteiger partial charge in [0.05, 0.1) is 0 Å². The van der Waals surface area contributed by atoms with E-state index < -0.39 is 18.1 Å². The van der Waals surface area contributed by atoms with E-state index in [0.29, 0.717) is 20.3 Å². The first-order chi connectivity index (χ1) is 14.0. The molecule has 3 N–H and O–H groups in total. The molecule has 0 spiro atoms. The Morgan fingerprint density at radius 1 is 1.10 bits per heavy atom. The molecule has 1 aromatic heterocycles. The van der Waals surface area contributed by atoms with Gasteiger partial charge < -0.3 is 15.1 Å². The van der Waals surface area contributed by atoms with E-state index >= 15 is 0 Å². The Morgan fingerprint density at radius 2 is 1.63 bits per heavy atom. The van der Waals surface area contributed by atoms with Gasteiger partial charge in [-0.15, -0.1) is 10.2 Å². The number of piperidine rings is 1. The van der Waals surface area contributed by atoms with Gasteiger partial charge in [0.1, 0.15) is 0 Å². The van der Waals surface area contributed by atoms with Crippen molar-refractivity contribution in [3.05, 3.63) is 33.9 Å². The van der Waals surface area contributed by atoms with Crippen molar-refractivity contribution in [2.24, 2.45) is 0 Å². The predicted octanol–water partition coefficient (Wildman–Crippen LogP) is 4.20. The van der Waals surface area contributed by atoms with Crippen LogP contribution in [0.1, 0.15) is 23.3 Å². The number of aliphatic carboxylic acids is 1. The van der Waals surface area contributed by atoms with Gasteiger partial charge in [-0.05, 0) is 31.0 Å². The molecule has 164 valence electrons. The lowest BCUT2D eigenvalue weighted by atomic mass is 10.1. The number of alkyl halides is 3. The molecule has 1 aliphatic heterocycles. The lowest BCUT2D eigenvalue weighted by molar-refractivity contribution is -0.192. The van der Waals surface area contributed by atoms with Crippen LogP contribution in [0, 0.1) is 0 Å². The number of benzene rings is 1. The normalized spacial score (nSPS) is 14.8. The zero-order chi connectivity index (χ0) is 22.5. The molecule has 14 heteroatoms. The van der Waals surface area contributed by atoms with Gasteiger partial charge in [-0.3, -0.25) is 0 Å². The van der Waals surface area contributed by atoms with Crippen molar-refractivity contribution in [3.8, 4) is 0 Å². The lowest BCUT2D eigenvalue weighted by Gasteiger charge is -2.33. The summed E-state index contributed by atoms with van der Waals surface area (Å²) in [5.41, 5.74) is 0.998. The van der Waals surface area contributed by atoms with E-state index in [0.717, 1.165) is 31.6 Å². The third-order valence-corrected chi connectivity index (χ3v) is 5.64. The number of aromatic amines is 1. The first-order valence-corrected chi connectivity index (χ1v) is 9.92. The molecular weight excluding hydrogens is 472 g/mol. The second kappa shape index (κ2) is 10.2. The number of anilines is 1. The van der Waals surface area contributed by atoms with Crippen LogP contribution in [-0.4, -0.2) is 62.1 Å². The number of rotatable bonds is 4. The number of carbonyl (C=O) groups is 2. The van der Waals surface area contributed by atoms with E-state index in [-0.39, 0.29) is 5.69 Å². The largest absolute Gasteiger partial charge is 0.490 e. The van der Waals surface area contributed by atoms with Crippen molar-refractivity contribution < 1.29 is 33.0 Å². The predicted molar refractivity (Wildman–Crippen MR) is 105 cm³/mol. The number of aromatic carboxylic acids is 1. The van der Waals surface area contributed by atoms with Crippen LogP contribution in [0.25, 0.3) is 0 Å². The van der Waals surface area contributed by atoms with E-state index in [1.54, 1.807) is 6.07 Å². The molecule has 0 aliphatic carbocycles. The van der Waals surface area contributed by atoms with E-state index in [4.69, 9.17) is 38.2 Å². The first-order valence-electron chi connectivity index (χ1n) is 8.29. The lowest BCUT2D eigenvalue weighted by Crippen LogP contribution is -2.34. The van der Waals surface area contributed by atoms with Crippen LogP contribution in [0.5, 0.6) is 0 Å². The summed E-state index contributed by atoms with van der Waals surface area (Å²) in [4.78, 5) is 22.2. The van der Waals surface area contributed by atoms with Crippen molar-refractivity contribution >= 4 is 52.6 Å². The zero-order valence-corrected chi connectivity index (χ0v) is 17.3. The Hall–Kier alpha value is -2.18. The zero-order valence-electron chi connectivity index (χ0n) is 15.0. The van der Waals surface area contributed by atoms with Gasteiger partial charge in [0.25, 0.3) is 0 Å². The highest BCUT2D eigenvalue weighted by Gasteiger charge is 2.38. The van der Waals surface area contributed by atoms with Crippen LogP contribution in [0.3, 0.4) is 0 Å². The molecule has 0 radical (unpaired) electrons. The summed E-state index contributed by atoms with van der Waals surface area (Å²) >= 11 is 13.6. The molecular formula is C16H15Cl2F3N4O4S. The Bertz CT molecular complexity index is 885. The summed E-state index contributed by atoms with van der Waals surface area (Å²) in [5.74, 6) is -3.82. The Balaban J connectivity index is 0.000000396. The highest BCUT2D eigenvalue weighted by atomic mass is 35.5. The summed E-state index contributed by atoms with van der Waals surface area (Å²) < 4.78 is 31.7. The van der Waals surface area contributed by atoms with Gasteiger partial charge in [0.15, 0.2) is 5.03 Å². The molecule has 1 saturated heterocycles. The standard InChI is InChI=1S/C14H14Cl2N4O2S.C2HF3O2/c15-8-5-9(16)7-10(6-8)20-3-1-11(2-4-20)23-13-12(14(21)22)17-19-18-13;3-2(4,5)1(6)7/h5-7,11H,1-4H2,(H,21,22)(H,17,18,19);(H,6,7). The second-order valence-electron chi connectivity index (χ2n) is 6.02. The Labute approximate surface area is 182 Å². The molecule has 30 heavy (non-hydrogen) atoms. The summed E-state index contributed by atoms with van der Waals surface area (Å²) in [6, 6.07) is 5.52. The molecule has 3 rings (SSSR count). The topological polar surface area (TPSA) is 119 Å². The van der Waals surface area contributed by atoms with Gasteiger partial charge in [0.2, 0.25) is 5.69 Å². The molecule has 1 fully saturated rings. The first kappa shape index (κ1) is 24.1. The summed E-state index contributed by atoms with van der Waals surface area (Å²) in [7, 11) is 0. The van der Waals surface area contributed by atoms with Gasteiger partial charge in [-0.25, -0.2) is 9.59 Å². The van der Waals surface area contributed by atoms with Crippen LogP contribution in [0.4, 0.5) is 18.9 Å². The van der Waals surface area contributed by atoms with Crippen LogP contribution in [0.2, 0.25) is 10.0 Å². The van der Waals surface area contributed by atoms with Crippen LogP contribution >= 0.6 is 35.0 Å². The Kier molecular flexibility index (Phi) is 8.21. The van der Waals surface area contributed by atoms with Gasteiger partial charge >= 0.3 is 18.1 Å². The van der Waals surface area contributed by atoms with Crippen LogP contribution in [0.15, 0.2) is 23.2 Å². The summed E-state index contributed by atoms with van der Waals surface area (Å²) in [6.45, 7) is 1.71. The van der Waals surface area contributed by atoms with E-state index in [9.17, 15) is 18.0 Å². The fraction of sp³-hybridized carbons (Fsp3) is 0.375. The fourth-order valence-corrected chi connectivity index (χ4v) is 4.17. The molecule has 0 bridgehead atoms. The van der Waals surface area contributed by atoms with Crippen molar-refractivity contribution in [1.82, 2.24) is 15.4 Å². The summed E-state index contributed by atoms with van der Waals surface area (Å²) in [6.07, 6.45) is -3.25. The number of halogens is 5. The Morgan fingerprint density at radius 3 is 2.10 bits per heavy atom. The maximum absolute atomic E-state index is 11.1. The molecule has 0 amide bonds. The molecule has 0 atom stereocenters. The van der Waals surface area contributed by atoms with E-state index in [2.05, 4.69) is 20.3 Å². The number of thioether (sulfide) groups is 1. The average molecular weight is 487 g/mol. The fourth-order valence-electron chi connectivity index (χ4n) is 2.55. The number of hydrogen-bond acceptors (Lipinski definition) is 6. The number of hydrogen-bond donors (Lipinski definition) is 3. The van der Waals surface area contributed by atoms with Crippen LogP contribution in [-0.2, 0) is 4.79 Å². The molecule has 0 saturated carbocycles. The van der Waals surface area contributed by atoms with Gasteiger partial charge in [-0.1, -0.05) is 35.0 Å². The number of H-pyrrole nitrogens is 1. The monoisotopic (exact) mass is 486 g/mol. The number of nitrogens with one attached hydrogen (secondary N) is 1. The smallest absolute Gasteiger partial charge is 0.476 e. The van der Waals surface area contributed by atoms with E-state index in [1.807, 2.05) is 12.1 Å². The maximum atomic E-state index is 11.1. The number of aromatic nitrogens is 3. The minimum Gasteiger partial charge on any atom is -0.476 e. The minimum atomic E-state index is -5.08. The molecule has 1 aliphatic rings. The van der Waals surface area contributed by atoms with Crippen molar-refractivity contribution in [1.29, 1.82) is 0 Å². The van der Waals surface area contributed by atoms with Gasteiger partial charge in [0, 0.05) is 34.1 Å².